The van der Waals surface area contributed by atoms with Crippen LogP contribution in [0.4, 0.5) is 0 Å². The third kappa shape index (κ3) is 3.39. The largest absolute Gasteiger partial charge is 0.287 e. The maximum absolute atomic E-state index is 9.84. The van der Waals surface area contributed by atoms with Gasteiger partial charge in [0.1, 0.15) is 6.04 Å². The second kappa shape index (κ2) is 7.53. The van der Waals surface area contributed by atoms with Gasteiger partial charge >= 0.3 is 0 Å². The van der Waals surface area contributed by atoms with Crippen molar-refractivity contribution in [3.05, 3.63) is 107 Å². The molecule has 1 heterocycles. The van der Waals surface area contributed by atoms with Crippen LogP contribution in [-0.4, -0.2) is 0 Å². The van der Waals surface area contributed by atoms with Crippen molar-refractivity contribution in [3.8, 4) is 6.07 Å². The van der Waals surface area contributed by atoms with Gasteiger partial charge in [-0.1, -0.05) is 78.9 Å². The molecule has 1 unspecified atom stereocenters. The Hall–Kier alpha value is -2.93. The molecule has 0 amide bonds. The molecule has 2 nitrogen and oxygen atoms in total. The van der Waals surface area contributed by atoms with E-state index >= 15 is 0 Å². The van der Waals surface area contributed by atoms with E-state index < -0.39 is 0 Å². The third-order valence-electron chi connectivity index (χ3n) is 4.46. The summed E-state index contributed by atoms with van der Waals surface area (Å²) < 4.78 is 1.21. The molecule has 0 aliphatic rings. The summed E-state index contributed by atoms with van der Waals surface area (Å²) in [7, 11) is 0. The quantitative estimate of drug-likeness (QED) is 0.488. The number of nitrogens with zero attached hydrogens (tertiary/aromatic N) is 1. The fourth-order valence-electron chi connectivity index (χ4n) is 3.17. The van der Waals surface area contributed by atoms with Gasteiger partial charge in [-0.15, -0.1) is 11.3 Å². The number of rotatable bonds is 5. The summed E-state index contributed by atoms with van der Waals surface area (Å²) in [4.78, 5) is 1.05. The van der Waals surface area contributed by atoms with Gasteiger partial charge in [-0.2, -0.15) is 5.26 Å². The number of nitrogens with one attached hydrogen (secondary N) is 1. The van der Waals surface area contributed by atoms with Crippen LogP contribution < -0.4 is 5.32 Å². The second-order valence-corrected chi connectivity index (χ2v) is 7.29. The van der Waals surface area contributed by atoms with Crippen molar-refractivity contribution >= 4 is 21.4 Å². The lowest BCUT2D eigenvalue weighted by Crippen LogP contribution is -2.26. The molecule has 4 aromatic rings. The Kier molecular flexibility index (Phi) is 4.79. The Labute approximate surface area is 157 Å². The summed E-state index contributed by atoms with van der Waals surface area (Å²) in [5.41, 5.74) is 2.31. The van der Waals surface area contributed by atoms with E-state index in [-0.39, 0.29) is 12.1 Å². The molecule has 0 spiro atoms. The molecule has 3 aromatic carbocycles. The Morgan fingerprint density at radius 3 is 1.92 bits per heavy atom. The summed E-state index contributed by atoms with van der Waals surface area (Å²) in [5, 5.41) is 14.6. The van der Waals surface area contributed by atoms with Gasteiger partial charge in [-0.3, -0.25) is 5.32 Å². The molecule has 0 saturated heterocycles. The van der Waals surface area contributed by atoms with E-state index in [0.717, 1.165) is 16.0 Å². The predicted molar refractivity (Wildman–Crippen MR) is 108 cm³/mol. The molecule has 0 bridgehead atoms. The SMILES string of the molecule is N#CC(NC(c1ccccc1)c1ccccc1)c1cc2ccccc2s1. The molecule has 0 saturated carbocycles. The zero-order valence-corrected chi connectivity index (χ0v) is 15.0. The van der Waals surface area contributed by atoms with Crippen LogP contribution in [0, 0.1) is 11.3 Å². The zero-order valence-electron chi connectivity index (χ0n) is 14.2. The van der Waals surface area contributed by atoms with Crippen molar-refractivity contribution in [2.45, 2.75) is 12.1 Å². The first-order chi connectivity index (χ1) is 12.8. The number of hydrogen-bond acceptors (Lipinski definition) is 3. The van der Waals surface area contributed by atoms with E-state index in [1.807, 2.05) is 48.5 Å². The van der Waals surface area contributed by atoms with Crippen molar-refractivity contribution in [1.29, 1.82) is 5.26 Å². The van der Waals surface area contributed by atoms with Crippen LogP contribution in [-0.2, 0) is 0 Å². The summed E-state index contributed by atoms with van der Waals surface area (Å²) in [6.45, 7) is 0. The minimum absolute atomic E-state index is 0.0349. The van der Waals surface area contributed by atoms with E-state index in [1.165, 1.54) is 10.1 Å². The van der Waals surface area contributed by atoms with Crippen LogP contribution >= 0.6 is 11.3 Å². The van der Waals surface area contributed by atoms with Crippen LogP contribution in [0.2, 0.25) is 0 Å². The monoisotopic (exact) mass is 354 g/mol. The first-order valence-electron chi connectivity index (χ1n) is 8.59. The van der Waals surface area contributed by atoms with Gasteiger partial charge in [0.05, 0.1) is 12.1 Å². The molecule has 1 N–H and O–H groups in total. The molecule has 3 heteroatoms. The van der Waals surface area contributed by atoms with Gasteiger partial charge in [0.15, 0.2) is 0 Å². The highest BCUT2D eigenvalue weighted by Crippen LogP contribution is 2.32. The number of hydrogen-bond donors (Lipinski definition) is 1. The Bertz CT molecular complexity index is 959. The second-order valence-electron chi connectivity index (χ2n) is 6.17. The minimum Gasteiger partial charge on any atom is -0.287 e. The fraction of sp³-hybridized carbons (Fsp3) is 0.0870. The molecule has 1 atom stereocenters. The zero-order chi connectivity index (χ0) is 17.8. The van der Waals surface area contributed by atoms with Crippen molar-refractivity contribution in [1.82, 2.24) is 5.32 Å². The van der Waals surface area contributed by atoms with Gasteiger partial charge in [-0.05, 0) is 28.6 Å². The molecule has 26 heavy (non-hydrogen) atoms. The smallest absolute Gasteiger partial charge is 0.131 e. The third-order valence-corrected chi connectivity index (χ3v) is 5.64. The average Bonchev–Trinajstić information content (AvgIpc) is 3.14. The van der Waals surface area contributed by atoms with Gasteiger partial charge in [0, 0.05) is 9.58 Å². The van der Waals surface area contributed by atoms with Gasteiger partial charge in [0.2, 0.25) is 0 Å². The molecule has 4 rings (SSSR count). The molecule has 0 fully saturated rings. The number of fused-ring (bicyclic) bond motifs is 1. The van der Waals surface area contributed by atoms with E-state index in [0.29, 0.717) is 0 Å². The fourth-order valence-corrected chi connectivity index (χ4v) is 4.24. The number of thiophene rings is 1. The first-order valence-corrected chi connectivity index (χ1v) is 9.41. The Morgan fingerprint density at radius 2 is 1.35 bits per heavy atom. The first kappa shape index (κ1) is 16.5. The summed E-state index contributed by atoms with van der Waals surface area (Å²) in [5.74, 6) is 0. The Morgan fingerprint density at radius 1 is 0.769 bits per heavy atom. The molecule has 0 radical (unpaired) electrons. The highest BCUT2D eigenvalue weighted by molar-refractivity contribution is 7.19. The molecule has 1 aromatic heterocycles. The van der Waals surface area contributed by atoms with Crippen molar-refractivity contribution in [2.75, 3.05) is 0 Å². The molecule has 0 aliphatic carbocycles. The van der Waals surface area contributed by atoms with Crippen LogP contribution in [0.3, 0.4) is 0 Å². The lowest BCUT2D eigenvalue weighted by molar-refractivity contribution is 0.565. The van der Waals surface area contributed by atoms with Crippen LogP contribution in [0.15, 0.2) is 91.0 Å². The van der Waals surface area contributed by atoms with Crippen LogP contribution in [0.25, 0.3) is 10.1 Å². The van der Waals surface area contributed by atoms with Crippen molar-refractivity contribution in [2.24, 2.45) is 0 Å². The van der Waals surface area contributed by atoms with Crippen LogP contribution in [0.1, 0.15) is 28.1 Å². The van der Waals surface area contributed by atoms with Gasteiger partial charge in [0.25, 0.3) is 0 Å². The average molecular weight is 354 g/mol. The molecular weight excluding hydrogens is 336 g/mol. The predicted octanol–water partition coefficient (Wildman–Crippen LogP) is 5.85. The lowest BCUT2D eigenvalue weighted by Gasteiger charge is -2.22. The molecule has 0 aliphatic heterocycles. The van der Waals surface area contributed by atoms with E-state index in [4.69, 9.17) is 0 Å². The van der Waals surface area contributed by atoms with E-state index in [1.54, 1.807) is 11.3 Å². The number of benzene rings is 3. The van der Waals surface area contributed by atoms with Gasteiger partial charge in [-0.25, -0.2) is 0 Å². The van der Waals surface area contributed by atoms with E-state index in [9.17, 15) is 5.26 Å². The molecule has 126 valence electrons. The maximum atomic E-state index is 9.84. The normalized spacial score (nSPS) is 12.2. The minimum atomic E-state index is -0.363. The van der Waals surface area contributed by atoms with Crippen molar-refractivity contribution in [3.63, 3.8) is 0 Å². The van der Waals surface area contributed by atoms with Crippen molar-refractivity contribution < 1.29 is 0 Å². The lowest BCUT2D eigenvalue weighted by atomic mass is 9.97. The van der Waals surface area contributed by atoms with Gasteiger partial charge < -0.3 is 0 Å². The topological polar surface area (TPSA) is 35.8 Å². The highest BCUT2D eigenvalue weighted by atomic mass is 32.1. The number of nitriles is 1. The summed E-state index contributed by atoms with van der Waals surface area (Å²) in [6, 6.07) is 33.0. The van der Waals surface area contributed by atoms with E-state index in [2.05, 4.69) is 53.9 Å². The summed E-state index contributed by atoms with van der Waals surface area (Å²) >= 11 is 1.68. The summed E-state index contributed by atoms with van der Waals surface area (Å²) in [6.07, 6.45) is 0. The Balaban J connectivity index is 1.71. The standard InChI is InChI=1S/C23H18N2S/c24-16-20(22-15-19-13-7-8-14-21(19)26-22)25-23(17-9-3-1-4-10-17)18-11-5-2-6-12-18/h1-15,20,23,25H. The molecular formula is C23H18N2S. The maximum Gasteiger partial charge on any atom is 0.131 e. The van der Waals surface area contributed by atoms with Crippen LogP contribution in [0.5, 0.6) is 0 Å². The highest BCUT2D eigenvalue weighted by Gasteiger charge is 2.21.